The Bertz CT molecular complexity index is 962. The number of ether oxygens (including phenoxy) is 5. The number of fused-ring (bicyclic) bond motifs is 2. The van der Waals surface area contributed by atoms with Crippen LogP contribution < -0.4 is 23.7 Å². The standard InChI is InChI=1S/C23H28NO6/c1-24(2)7-6-14-10-20-22(30-13-29-20)23(28-5)21(14)18(24)12-19(25)15-8-16(26-3)11-17(9-15)27-4/h8-11,18H,6-7,12-13H2,1-5H3/q+1. The highest BCUT2D eigenvalue weighted by molar-refractivity contribution is 5.97. The molecule has 0 N–H and O–H groups in total. The molecular formula is C23H28NO6+. The van der Waals surface area contributed by atoms with E-state index in [1.54, 1.807) is 39.5 Å². The predicted octanol–water partition coefficient (Wildman–Crippen LogP) is 3.39. The molecule has 0 saturated carbocycles. The first-order valence-corrected chi connectivity index (χ1v) is 9.96. The molecule has 2 aromatic carbocycles. The van der Waals surface area contributed by atoms with Gasteiger partial charge in [0.1, 0.15) is 17.5 Å². The highest BCUT2D eigenvalue weighted by atomic mass is 16.7. The monoisotopic (exact) mass is 414 g/mol. The van der Waals surface area contributed by atoms with Crippen molar-refractivity contribution < 1.29 is 33.0 Å². The van der Waals surface area contributed by atoms with Crippen LogP contribution in [0.1, 0.15) is 33.9 Å². The third-order valence-electron chi connectivity index (χ3n) is 6.13. The van der Waals surface area contributed by atoms with Gasteiger partial charge in [0.15, 0.2) is 17.3 Å². The van der Waals surface area contributed by atoms with Crippen LogP contribution in [0.4, 0.5) is 0 Å². The van der Waals surface area contributed by atoms with E-state index < -0.39 is 0 Å². The molecule has 2 heterocycles. The van der Waals surface area contributed by atoms with Gasteiger partial charge >= 0.3 is 0 Å². The summed E-state index contributed by atoms with van der Waals surface area (Å²) in [5, 5.41) is 0. The first-order valence-electron chi connectivity index (χ1n) is 9.96. The summed E-state index contributed by atoms with van der Waals surface area (Å²) in [5.41, 5.74) is 2.74. The molecule has 0 radical (unpaired) electrons. The van der Waals surface area contributed by atoms with E-state index in [1.165, 1.54) is 0 Å². The van der Waals surface area contributed by atoms with Crippen molar-refractivity contribution >= 4 is 5.78 Å². The SMILES string of the molecule is COc1cc(OC)cc(C(=O)CC2c3c(cc4c(c3OC)OCO4)CC[N+]2(C)C)c1. The Balaban J connectivity index is 1.75. The number of likely N-dealkylation sites (N-methyl/N-ethyl adjacent to an activating group) is 1. The number of quaternary nitrogens is 1. The van der Waals surface area contributed by atoms with Crippen LogP contribution in [0, 0.1) is 0 Å². The number of nitrogens with zero attached hydrogens (tertiary/aromatic N) is 1. The van der Waals surface area contributed by atoms with Crippen LogP contribution in [0.2, 0.25) is 0 Å². The third kappa shape index (κ3) is 3.43. The molecule has 7 nitrogen and oxygen atoms in total. The van der Waals surface area contributed by atoms with Crippen molar-refractivity contribution in [2.75, 3.05) is 48.8 Å². The molecule has 2 aliphatic heterocycles. The number of Topliss-reactive ketones (excluding diaryl/α,β-unsaturated/α-hetero) is 1. The zero-order valence-corrected chi connectivity index (χ0v) is 18.1. The van der Waals surface area contributed by atoms with E-state index in [0.29, 0.717) is 45.2 Å². The Kier molecular flexibility index (Phi) is 5.24. The van der Waals surface area contributed by atoms with Crippen molar-refractivity contribution in [3.8, 4) is 28.7 Å². The lowest BCUT2D eigenvalue weighted by molar-refractivity contribution is -0.922. The number of carbonyl (C=O) groups is 1. The Morgan fingerprint density at radius 2 is 1.73 bits per heavy atom. The summed E-state index contributed by atoms with van der Waals surface area (Å²) in [7, 11) is 9.09. The van der Waals surface area contributed by atoms with E-state index in [4.69, 9.17) is 23.7 Å². The van der Waals surface area contributed by atoms with E-state index in [0.717, 1.165) is 24.1 Å². The molecule has 0 bridgehead atoms. The Labute approximate surface area is 176 Å². The van der Waals surface area contributed by atoms with Crippen molar-refractivity contribution in [1.82, 2.24) is 0 Å². The molecule has 7 heteroatoms. The minimum atomic E-state index is -0.0807. The van der Waals surface area contributed by atoms with E-state index in [1.807, 2.05) is 6.07 Å². The second-order valence-electron chi connectivity index (χ2n) is 8.21. The topological polar surface area (TPSA) is 63.2 Å². The third-order valence-corrected chi connectivity index (χ3v) is 6.13. The summed E-state index contributed by atoms with van der Waals surface area (Å²) < 4.78 is 28.4. The number of hydrogen-bond donors (Lipinski definition) is 0. The number of benzene rings is 2. The minimum absolute atomic E-state index is 0.0240. The molecule has 0 aliphatic carbocycles. The van der Waals surface area contributed by atoms with Crippen molar-refractivity contribution in [1.29, 1.82) is 0 Å². The summed E-state index contributed by atoms with van der Waals surface area (Å²) >= 11 is 0. The van der Waals surface area contributed by atoms with Gasteiger partial charge in [0.2, 0.25) is 12.5 Å². The zero-order chi connectivity index (χ0) is 21.5. The first-order chi connectivity index (χ1) is 14.4. The lowest BCUT2D eigenvalue weighted by atomic mass is 9.86. The van der Waals surface area contributed by atoms with Crippen LogP contribution in [0.25, 0.3) is 0 Å². The maximum atomic E-state index is 13.4. The number of methoxy groups -OCH3 is 3. The van der Waals surface area contributed by atoms with E-state index in [-0.39, 0.29) is 18.6 Å². The molecule has 0 fully saturated rings. The van der Waals surface area contributed by atoms with Gasteiger partial charge < -0.3 is 28.2 Å². The molecule has 2 aromatic rings. The highest BCUT2D eigenvalue weighted by Crippen LogP contribution is 2.51. The fourth-order valence-electron chi connectivity index (χ4n) is 4.38. The van der Waals surface area contributed by atoms with E-state index >= 15 is 0 Å². The maximum absolute atomic E-state index is 13.4. The fourth-order valence-corrected chi connectivity index (χ4v) is 4.38. The van der Waals surface area contributed by atoms with E-state index in [9.17, 15) is 4.79 Å². The molecule has 2 aliphatic rings. The predicted molar refractivity (Wildman–Crippen MR) is 111 cm³/mol. The molecule has 160 valence electrons. The molecule has 4 rings (SSSR count). The van der Waals surface area contributed by atoms with Gasteiger partial charge in [0.25, 0.3) is 0 Å². The molecule has 0 amide bonds. The highest BCUT2D eigenvalue weighted by Gasteiger charge is 2.42. The van der Waals surface area contributed by atoms with Crippen LogP contribution >= 0.6 is 0 Å². The summed E-state index contributed by atoms with van der Waals surface area (Å²) in [4.78, 5) is 13.4. The molecule has 1 unspecified atom stereocenters. The maximum Gasteiger partial charge on any atom is 0.231 e. The minimum Gasteiger partial charge on any atom is -0.497 e. The largest absolute Gasteiger partial charge is 0.497 e. The average molecular weight is 414 g/mol. The molecule has 1 atom stereocenters. The second kappa shape index (κ2) is 7.72. The van der Waals surface area contributed by atoms with Crippen molar-refractivity contribution in [3.05, 3.63) is 41.0 Å². The van der Waals surface area contributed by atoms with Crippen molar-refractivity contribution in [3.63, 3.8) is 0 Å². The van der Waals surface area contributed by atoms with Crippen molar-refractivity contribution in [2.45, 2.75) is 18.9 Å². The van der Waals surface area contributed by atoms with Gasteiger partial charge in [-0.2, -0.15) is 0 Å². The number of ketones is 1. The summed E-state index contributed by atoms with van der Waals surface area (Å²) in [6.45, 7) is 1.09. The van der Waals surface area contributed by atoms with Gasteiger partial charge in [-0.1, -0.05) is 0 Å². The van der Waals surface area contributed by atoms with Gasteiger partial charge in [-0.25, -0.2) is 0 Å². The van der Waals surface area contributed by atoms with Gasteiger partial charge in [0.05, 0.1) is 54.0 Å². The van der Waals surface area contributed by atoms with Crippen LogP contribution in [0.15, 0.2) is 24.3 Å². The Morgan fingerprint density at radius 3 is 2.37 bits per heavy atom. The smallest absolute Gasteiger partial charge is 0.231 e. The normalized spacial score (nSPS) is 18.5. The van der Waals surface area contributed by atoms with Gasteiger partial charge in [-0.3, -0.25) is 4.79 Å². The van der Waals surface area contributed by atoms with Gasteiger partial charge in [-0.05, 0) is 23.8 Å². The summed E-state index contributed by atoms with van der Waals surface area (Å²) in [6.07, 6.45) is 1.21. The number of hydrogen-bond acceptors (Lipinski definition) is 6. The average Bonchev–Trinajstić information content (AvgIpc) is 3.22. The molecular weight excluding hydrogens is 386 g/mol. The quantitative estimate of drug-likeness (QED) is 0.533. The first kappa shape index (κ1) is 20.3. The van der Waals surface area contributed by atoms with Crippen LogP contribution in [-0.2, 0) is 6.42 Å². The number of rotatable bonds is 6. The summed E-state index contributed by atoms with van der Waals surface area (Å²) in [5.74, 6) is 3.22. The van der Waals surface area contributed by atoms with Crippen molar-refractivity contribution in [2.24, 2.45) is 0 Å². The van der Waals surface area contributed by atoms with Gasteiger partial charge in [-0.15, -0.1) is 0 Å². The second-order valence-corrected chi connectivity index (χ2v) is 8.21. The fraction of sp³-hybridized carbons (Fsp3) is 0.435. The van der Waals surface area contributed by atoms with Crippen LogP contribution in [0.5, 0.6) is 28.7 Å². The van der Waals surface area contributed by atoms with Crippen LogP contribution in [-0.4, -0.2) is 59.0 Å². The Hall–Kier alpha value is -2.93. The molecule has 30 heavy (non-hydrogen) atoms. The molecule has 0 saturated heterocycles. The number of carbonyl (C=O) groups excluding carboxylic acids is 1. The summed E-state index contributed by atoms with van der Waals surface area (Å²) in [6, 6.07) is 7.22. The molecule has 0 aromatic heterocycles. The Morgan fingerprint density at radius 1 is 1.03 bits per heavy atom. The lowest BCUT2D eigenvalue weighted by Gasteiger charge is -2.43. The van der Waals surface area contributed by atoms with Crippen LogP contribution in [0.3, 0.4) is 0 Å². The zero-order valence-electron chi connectivity index (χ0n) is 18.1. The molecule has 0 spiro atoms. The van der Waals surface area contributed by atoms with Gasteiger partial charge in [0, 0.05) is 18.1 Å². The lowest BCUT2D eigenvalue weighted by Crippen LogP contribution is -2.48. The van der Waals surface area contributed by atoms with E-state index in [2.05, 4.69) is 14.1 Å².